The average molecular weight is 564 g/mol. The number of aliphatic carboxylic acids is 1. The van der Waals surface area contributed by atoms with Crippen molar-refractivity contribution in [2.75, 3.05) is 26.2 Å². The van der Waals surface area contributed by atoms with Crippen LogP contribution in [0.25, 0.3) is 11.1 Å². The van der Waals surface area contributed by atoms with Crippen molar-refractivity contribution in [1.29, 1.82) is 0 Å². The first-order valence-corrected chi connectivity index (χ1v) is 14.1. The second-order valence-corrected chi connectivity index (χ2v) is 11.9. The molecule has 0 bridgehead atoms. The molecule has 10 nitrogen and oxygen atoms in total. The molecular weight excluding hydrogens is 526 g/mol. The maximum atomic E-state index is 13.8. The number of likely N-dealkylation sites (tertiary alicyclic amines) is 2. The highest BCUT2D eigenvalue weighted by Crippen LogP contribution is 2.44. The molecule has 3 atom stereocenters. The lowest BCUT2D eigenvalue weighted by atomic mass is 9.98. The molecule has 2 fully saturated rings. The van der Waals surface area contributed by atoms with Crippen molar-refractivity contribution >= 4 is 23.9 Å². The molecule has 2 saturated heterocycles. The van der Waals surface area contributed by atoms with Crippen LogP contribution >= 0.6 is 0 Å². The lowest BCUT2D eigenvalue weighted by Crippen LogP contribution is -2.53. The summed E-state index contributed by atoms with van der Waals surface area (Å²) in [4.78, 5) is 54.1. The summed E-state index contributed by atoms with van der Waals surface area (Å²) >= 11 is 0. The Balaban J connectivity index is 1.28. The summed E-state index contributed by atoms with van der Waals surface area (Å²) in [6, 6.07) is 14.5. The van der Waals surface area contributed by atoms with E-state index in [9.17, 15) is 19.2 Å². The van der Waals surface area contributed by atoms with Crippen LogP contribution in [0.2, 0.25) is 0 Å². The number of fused-ring (bicyclic) bond motifs is 3. The minimum Gasteiger partial charge on any atom is -0.480 e. The lowest BCUT2D eigenvalue weighted by Gasteiger charge is -2.31. The van der Waals surface area contributed by atoms with Crippen LogP contribution in [0.4, 0.5) is 4.79 Å². The molecule has 0 unspecified atom stereocenters. The van der Waals surface area contributed by atoms with Crippen molar-refractivity contribution in [3.8, 4) is 11.1 Å². The SMILES string of the molecule is CC(C)(C)O[C@@H]1C[C@@H](C(=O)NCC(=O)O)N(C(=O)[C@@H]2CCCN2C(=O)OCC2c3ccccc3-c3ccccc32)C1. The molecule has 2 aromatic rings. The highest BCUT2D eigenvalue weighted by molar-refractivity contribution is 5.93. The summed E-state index contributed by atoms with van der Waals surface area (Å²) in [5, 5.41) is 11.4. The number of ether oxygens (including phenoxy) is 2. The van der Waals surface area contributed by atoms with E-state index in [1.54, 1.807) is 0 Å². The van der Waals surface area contributed by atoms with Gasteiger partial charge in [-0.1, -0.05) is 48.5 Å². The zero-order chi connectivity index (χ0) is 29.3. The highest BCUT2D eigenvalue weighted by atomic mass is 16.6. The smallest absolute Gasteiger partial charge is 0.410 e. The van der Waals surface area contributed by atoms with Crippen LogP contribution in [0, 0.1) is 0 Å². The predicted molar refractivity (Wildman–Crippen MR) is 150 cm³/mol. The molecule has 2 heterocycles. The molecule has 41 heavy (non-hydrogen) atoms. The maximum Gasteiger partial charge on any atom is 0.410 e. The monoisotopic (exact) mass is 563 g/mol. The number of nitrogens with zero attached hydrogens (tertiary/aromatic N) is 2. The van der Waals surface area contributed by atoms with Gasteiger partial charge in [0.15, 0.2) is 0 Å². The Morgan fingerprint density at radius 1 is 0.951 bits per heavy atom. The summed E-state index contributed by atoms with van der Waals surface area (Å²) in [6.07, 6.45) is 0.367. The third-order valence-corrected chi connectivity index (χ3v) is 7.89. The number of rotatable bonds is 7. The van der Waals surface area contributed by atoms with Gasteiger partial charge in [0.05, 0.1) is 11.7 Å². The first-order chi connectivity index (χ1) is 19.5. The Kier molecular flexibility index (Phi) is 8.04. The number of carboxylic acids is 1. The number of hydrogen-bond donors (Lipinski definition) is 2. The summed E-state index contributed by atoms with van der Waals surface area (Å²) in [7, 11) is 0. The van der Waals surface area contributed by atoms with Crippen molar-refractivity contribution in [1.82, 2.24) is 15.1 Å². The largest absolute Gasteiger partial charge is 0.480 e. The third-order valence-electron chi connectivity index (χ3n) is 7.89. The van der Waals surface area contributed by atoms with Crippen LogP contribution < -0.4 is 5.32 Å². The number of hydrogen-bond acceptors (Lipinski definition) is 6. The van der Waals surface area contributed by atoms with Gasteiger partial charge in [0.25, 0.3) is 0 Å². The van der Waals surface area contributed by atoms with Gasteiger partial charge in [0, 0.05) is 25.4 Å². The fourth-order valence-electron chi connectivity index (χ4n) is 6.27. The van der Waals surface area contributed by atoms with Crippen molar-refractivity contribution in [2.24, 2.45) is 0 Å². The molecule has 218 valence electrons. The highest BCUT2D eigenvalue weighted by Gasteiger charge is 2.46. The molecule has 3 aliphatic rings. The second-order valence-electron chi connectivity index (χ2n) is 11.9. The molecule has 2 aliphatic heterocycles. The van der Waals surface area contributed by atoms with Crippen molar-refractivity contribution < 1.29 is 33.8 Å². The van der Waals surface area contributed by atoms with Gasteiger partial charge in [-0.15, -0.1) is 0 Å². The minimum absolute atomic E-state index is 0.0979. The average Bonchev–Trinajstić information content (AvgIpc) is 3.65. The number of nitrogens with one attached hydrogen (secondary N) is 1. The standard InChI is InChI=1S/C31H37N3O7/c1-31(2,3)41-19-15-26(28(37)32-16-27(35)36)34(17-19)29(38)25-13-8-14-33(25)30(39)40-18-24-22-11-6-4-9-20(22)21-10-5-7-12-23(21)24/h4-7,9-12,19,24-26H,8,13-18H2,1-3H3,(H,32,37)(H,35,36)/t19-,25+,26+/m1/s1. The van der Waals surface area contributed by atoms with E-state index in [0.29, 0.717) is 19.4 Å². The Morgan fingerprint density at radius 2 is 1.59 bits per heavy atom. The van der Waals surface area contributed by atoms with Gasteiger partial charge in [0.2, 0.25) is 11.8 Å². The molecule has 0 aromatic heterocycles. The molecule has 0 radical (unpaired) electrons. The zero-order valence-electron chi connectivity index (χ0n) is 23.7. The third kappa shape index (κ3) is 6.07. The van der Waals surface area contributed by atoms with E-state index in [0.717, 1.165) is 22.3 Å². The van der Waals surface area contributed by atoms with Crippen molar-refractivity contribution in [3.63, 3.8) is 0 Å². The molecule has 0 spiro atoms. The minimum atomic E-state index is -1.17. The molecule has 0 saturated carbocycles. The maximum absolute atomic E-state index is 13.8. The van der Waals surface area contributed by atoms with E-state index in [-0.39, 0.29) is 31.4 Å². The Bertz CT molecular complexity index is 1290. The van der Waals surface area contributed by atoms with E-state index in [4.69, 9.17) is 14.6 Å². The van der Waals surface area contributed by atoms with Gasteiger partial charge >= 0.3 is 12.1 Å². The number of carbonyl (C=O) groups is 4. The molecular formula is C31H37N3O7. The van der Waals surface area contributed by atoms with Gasteiger partial charge in [-0.25, -0.2) is 4.79 Å². The Morgan fingerprint density at radius 3 is 2.20 bits per heavy atom. The van der Waals surface area contributed by atoms with Crippen LogP contribution in [0.5, 0.6) is 0 Å². The van der Waals surface area contributed by atoms with E-state index < -0.39 is 48.3 Å². The van der Waals surface area contributed by atoms with Gasteiger partial charge in [-0.05, 0) is 55.9 Å². The predicted octanol–water partition coefficient (Wildman–Crippen LogP) is 3.39. The topological polar surface area (TPSA) is 125 Å². The number of carbonyl (C=O) groups excluding carboxylic acids is 3. The lowest BCUT2D eigenvalue weighted by molar-refractivity contribution is -0.143. The van der Waals surface area contributed by atoms with Crippen LogP contribution in [0.3, 0.4) is 0 Å². The molecule has 10 heteroatoms. The van der Waals surface area contributed by atoms with Crippen LogP contribution in [0.15, 0.2) is 48.5 Å². The number of carboxylic acid groups (broad SMARTS) is 1. The van der Waals surface area contributed by atoms with Crippen molar-refractivity contribution in [2.45, 2.75) is 69.7 Å². The van der Waals surface area contributed by atoms with Crippen LogP contribution in [-0.2, 0) is 23.9 Å². The molecule has 2 N–H and O–H groups in total. The second kappa shape index (κ2) is 11.5. The normalized spacial score (nSPS) is 21.9. The van der Waals surface area contributed by atoms with Crippen LogP contribution in [-0.4, -0.2) is 88.8 Å². The summed E-state index contributed by atoms with van der Waals surface area (Å²) in [5.41, 5.74) is 3.98. The summed E-state index contributed by atoms with van der Waals surface area (Å²) in [6.45, 7) is 5.84. The van der Waals surface area contributed by atoms with Gasteiger partial charge in [-0.2, -0.15) is 0 Å². The number of benzene rings is 2. The van der Waals surface area contributed by atoms with Gasteiger partial charge < -0.3 is 24.8 Å². The fraction of sp³-hybridized carbons (Fsp3) is 0.484. The first-order valence-electron chi connectivity index (χ1n) is 14.1. The van der Waals surface area contributed by atoms with Crippen LogP contribution in [0.1, 0.15) is 57.1 Å². The number of amides is 3. The van der Waals surface area contributed by atoms with E-state index >= 15 is 0 Å². The van der Waals surface area contributed by atoms with Gasteiger partial charge in [-0.3, -0.25) is 19.3 Å². The molecule has 1 aliphatic carbocycles. The van der Waals surface area contributed by atoms with Gasteiger partial charge in [0.1, 0.15) is 25.2 Å². The summed E-state index contributed by atoms with van der Waals surface area (Å²) in [5.74, 6) is -2.17. The Labute approximate surface area is 239 Å². The van der Waals surface area contributed by atoms with Crippen molar-refractivity contribution in [3.05, 3.63) is 59.7 Å². The molecule has 3 amide bonds. The quantitative estimate of drug-likeness (QED) is 0.529. The van der Waals surface area contributed by atoms with E-state index in [2.05, 4.69) is 29.6 Å². The molecule has 2 aromatic carbocycles. The Hall–Kier alpha value is -3.92. The van der Waals surface area contributed by atoms with E-state index in [1.807, 2.05) is 45.0 Å². The zero-order valence-corrected chi connectivity index (χ0v) is 23.7. The van der Waals surface area contributed by atoms with E-state index in [1.165, 1.54) is 9.80 Å². The molecule has 5 rings (SSSR count). The summed E-state index contributed by atoms with van der Waals surface area (Å²) < 4.78 is 11.9. The first kappa shape index (κ1) is 28.6. The fourth-order valence-corrected chi connectivity index (χ4v) is 6.27.